The van der Waals surface area contributed by atoms with Crippen LogP contribution in [0.4, 0.5) is 11.4 Å². The van der Waals surface area contributed by atoms with Crippen molar-refractivity contribution in [1.29, 1.82) is 0 Å². The normalized spacial score (nSPS) is 11.1. The third kappa shape index (κ3) is 2.21. The molecule has 4 aromatic rings. The van der Waals surface area contributed by atoms with Gasteiger partial charge in [0.05, 0.1) is 11.2 Å². The summed E-state index contributed by atoms with van der Waals surface area (Å²) in [6, 6.07) is 18.5. The van der Waals surface area contributed by atoms with Gasteiger partial charge in [-0.05, 0) is 53.9 Å². The number of nitrogens with two attached hydrogens (primary N) is 2. The van der Waals surface area contributed by atoms with E-state index in [-0.39, 0.29) is 5.75 Å². The van der Waals surface area contributed by atoms with Crippen LogP contribution in [0.3, 0.4) is 0 Å². The third-order valence-corrected chi connectivity index (χ3v) is 3.98. The molecule has 0 saturated carbocycles. The zero-order valence-corrected chi connectivity index (χ0v) is 12.3. The van der Waals surface area contributed by atoms with Crippen LogP contribution in [0.15, 0.2) is 60.7 Å². The Morgan fingerprint density at radius 3 is 2.09 bits per heavy atom. The third-order valence-electron chi connectivity index (χ3n) is 3.98. The fourth-order valence-corrected chi connectivity index (χ4v) is 2.88. The van der Waals surface area contributed by atoms with Crippen LogP contribution in [0.2, 0.25) is 0 Å². The molecule has 0 atom stereocenters. The van der Waals surface area contributed by atoms with E-state index in [0.29, 0.717) is 11.4 Å². The quantitative estimate of drug-likeness (QED) is 0.367. The van der Waals surface area contributed by atoms with Crippen molar-refractivity contribution in [2.45, 2.75) is 0 Å². The van der Waals surface area contributed by atoms with Crippen molar-refractivity contribution in [1.82, 2.24) is 4.98 Å². The molecule has 0 amide bonds. The number of rotatable bonds is 1. The lowest BCUT2D eigenvalue weighted by molar-refractivity contribution is 0.475. The topological polar surface area (TPSA) is 85.2 Å². The number of nitrogens with zero attached hydrogens (tertiary/aromatic N) is 1. The highest BCUT2D eigenvalue weighted by atomic mass is 16.3. The number of aromatic nitrogens is 1. The lowest BCUT2D eigenvalue weighted by Gasteiger charge is -2.11. The number of hydrogen-bond acceptors (Lipinski definition) is 4. The number of hydrogen-bond donors (Lipinski definition) is 3. The fraction of sp³-hybridized carbons (Fsp3) is 0. The van der Waals surface area contributed by atoms with Crippen molar-refractivity contribution in [3.8, 4) is 17.0 Å². The molecule has 4 rings (SSSR count). The largest absolute Gasteiger partial charge is 0.508 e. The molecule has 4 heteroatoms. The summed E-state index contributed by atoms with van der Waals surface area (Å²) in [7, 11) is 0. The Balaban J connectivity index is 2.15. The SMILES string of the molecule is Nc1ccc2c(c1)nc(-c1ccc(O)cc1)c1cc(N)ccc12. The van der Waals surface area contributed by atoms with E-state index in [0.717, 1.165) is 32.9 Å². The summed E-state index contributed by atoms with van der Waals surface area (Å²) in [6.07, 6.45) is 0. The first-order chi connectivity index (χ1) is 11.1. The minimum Gasteiger partial charge on any atom is -0.508 e. The molecule has 0 saturated heterocycles. The maximum atomic E-state index is 9.51. The molecule has 0 aliphatic heterocycles. The molecule has 0 radical (unpaired) electrons. The number of phenols is 1. The van der Waals surface area contributed by atoms with Gasteiger partial charge >= 0.3 is 0 Å². The predicted octanol–water partition coefficient (Wildman–Crippen LogP) is 3.93. The maximum Gasteiger partial charge on any atom is 0.115 e. The summed E-state index contributed by atoms with van der Waals surface area (Å²) in [5, 5.41) is 12.6. The maximum absolute atomic E-state index is 9.51. The molecule has 1 heterocycles. The lowest BCUT2D eigenvalue weighted by Crippen LogP contribution is -1.93. The number of anilines is 2. The average Bonchev–Trinajstić information content (AvgIpc) is 2.54. The van der Waals surface area contributed by atoms with Crippen molar-refractivity contribution >= 4 is 33.1 Å². The standard InChI is InChI=1S/C19H15N3O/c20-12-3-7-15-16-8-4-13(21)10-18(16)22-19(17(15)9-12)11-1-5-14(23)6-2-11/h1-10,23H,20-21H2. The second-order valence-corrected chi connectivity index (χ2v) is 5.59. The molecule has 23 heavy (non-hydrogen) atoms. The van der Waals surface area contributed by atoms with Gasteiger partial charge in [-0.15, -0.1) is 0 Å². The smallest absolute Gasteiger partial charge is 0.115 e. The Morgan fingerprint density at radius 1 is 0.696 bits per heavy atom. The molecule has 5 N–H and O–H groups in total. The van der Waals surface area contributed by atoms with E-state index >= 15 is 0 Å². The molecular formula is C19H15N3O. The lowest BCUT2D eigenvalue weighted by atomic mass is 9.99. The first-order valence-corrected chi connectivity index (χ1v) is 7.30. The van der Waals surface area contributed by atoms with Crippen LogP contribution in [0.1, 0.15) is 0 Å². The molecule has 0 unspecified atom stereocenters. The average molecular weight is 301 g/mol. The molecular weight excluding hydrogens is 286 g/mol. The number of nitrogen functional groups attached to an aromatic ring is 2. The van der Waals surface area contributed by atoms with Gasteiger partial charge in [0.1, 0.15) is 5.75 Å². The number of fused-ring (bicyclic) bond motifs is 3. The Hall–Kier alpha value is -3.27. The number of phenolic OH excluding ortho intramolecular Hbond substituents is 1. The van der Waals surface area contributed by atoms with Gasteiger partial charge in [-0.1, -0.05) is 12.1 Å². The number of aromatic hydroxyl groups is 1. The molecule has 3 aromatic carbocycles. The van der Waals surface area contributed by atoms with E-state index in [4.69, 9.17) is 16.5 Å². The second-order valence-electron chi connectivity index (χ2n) is 5.59. The zero-order chi connectivity index (χ0) is 16.0. The van der Waals surface area contributed by atoms with Crippen molar-refractivity contribution in [2.75, 3.05) is 11.5 Å². The van der Waals surface area contributed by atoms with Gasteiger partial charge < -0.3 is 16.6 Å². The van der Waals surface area contributed by atoms with E-state index in [1.54, 1.807) is 12.1 Å². The van der Waals surface area contributed by atoms with Crippen LogP contribution < -0.4 is 11.5 Å². The molecule has 4 nitrogen and oxygen atoms in total. The highest BCUT2D eigenvalue weighted by Gasteiger charge is 2.11. The molecule has 0 aliphatic carbocycles. The first kappa shape index (κ1) is 13.4. The zero-order valence-electron chi connectivity index (χ0n) is 12.3. The van der Waals surface area contributed by atoms with Gasteiger partial charge in [0, 0.05) is 27.7 Å². The van der Waals surface area contributed by atoms with E-state index in [1.807, 2.05) is 48.5 Å². The van der Waals surface area contributed by atoms with Crippen LogP contribution >= 0.6 is 0 Å². The van der Waals surface area contributed by atoms with Crippen LogP contribution in [0.25, 0.3) is 32.9 Å². The van der Waals surface area contributed by atoms with Crippen molar-refractivity contribution in [2.24, 2.45) is 0 Å². The summed E-state index contributed by atoms with van der Waals surface area (Å²) in [4.78, 5) is 4.79. The van der Waals surface area contributed by atoms with E-state index < -0.39 is 0 Å². The van der Waals surface area contributed by atoms with E-state index in [9.17, 15) is 5.11 Å². The van der Waals surface area contributed by atoms with Gasteiger partial charge in [-0.2, -0.15) is 0 Å². The monoisotopic (exact) mass is 301 g/mol. The van der Waals surface area contributed by atoms with Crippen molar-refractivity contribution in [3.05, 3.63) is 60.7 Å². The minimum absolute atomic E-state index is 0.225. The van der Waals surface area contributed by atoms with Crippen molar-refractivity contribution in [3.63, 3.8) is 0 Å². The summed E-state index contributed by atoms with van der Waals surface area (Å²) in [5.74, 6) is 0.225. The molecule has 0 fully saturated rings. The highest BCUT2D eigenvalue weighted by molar-refractivity contribution is 6.12. The molecule has 0 bridgehead atoms. The predicted molar refractivity (Wildman–Crippen MR) is 95.2 cm³/mol. The van der Waals surface area contributed by atoms with Gasteiger partial charge in [0.15, 0.2) is 0 Å². The van der Waals surface area contributed by atoms with Crippen LogP contribution in [-0.2, 0) is 0 Å². The Kier molecular flexibility index (Phi) is 2.84. The summed E-state index contributed by atoms with van der Waals surface area (Å²) < 4.78 is 0. The molecule has 1 aromatic heterocycles. The van der Waals surface area contributed by atoms with Gasteiger partial charge in [0.25, 0.3) is 0 Å². The molecule has 112 valence electrons. The van der Waals surface area contributed by atoms with Crippen molar-refractivity contribution < 1.29 is 5.11 Å². The molecule has 0 spiro atoms. The first-order valence-electron chi connectivity index (χ1n) is 7.30. The number of pyridine rings is 1. The van der Waals surface area contributed by atoms with Crippen LogP contribution in [0, 0.1) is 0 Å². The van der Waals surface area contributed by atoms with E-state index in [2.05, 4.69) is 0 Å². The van der Waals surface area contributed by atoms with Crippen LogP contribution in [0.5, 0.6) is 5.75 Å². The van der Waals surface area contributed by atoms with Gasteiger partial charge in [0.2, 0.25) is 0 Å². The Bertz CT molecular complexity index is 1040. The second kappa shape index (κ2) is 4.88. The van der Waals surface area contributed by atoms with Gasteiger partial charge in [-0.25, -0.2) is 4.98 Å². The highest BCUT2D eigenvalue weighted by Crippen LogP contribution is 2.34. The summed E-state index contributed by atoms with van der Waals surface area (Å²) in [5.41, 5.74) is 15.8. The molecule has 0 aliphatic rings. The van der Waals surface area contributed by atoms with Crippen LogP contribution in [-0.4, -0.2) is 10.1 Å². The Labute approximate surface area is 133 Å². The van der Waals surface area contributed by atoms with E-state index in [1.165, 1.54) is 0 Å². The fourth-order valence-electron chi connectivity index (χ4n) is 2.88. The summed E-state index contributed by atoms with van der Waals surface area (Å²) >= 11 is 0. The minimum atomic E-state index is 0.225. The number of benzene rings is 3. The Morgan fingerprint density at radius 2 is 1.35 bits per heavy atom. The summed E-state index contributed by atoms with van der Waals surface area (Å²) in [6.45, 7) is 0. The van der Waals surface area contributed by atoms with Gasteiger partial charge in [-0.3, -0.25) is 0 Å².